The van der Waals surface area contributed by atoms with E-state index < -0.39 is 10.0 Å². The largest absolute Gasteiger partial charge is 0.493 e. The Morgan fingerprint density at radius 3 is 2.66 bits per heavy atom. The number of nitrogens with zero attached hydrogens (tertiary/aromatic N) is 1. The molecule has 0 unspecified atom stereocenters. The van der Waals surface area contributed by atoms with Crippen LogP contribution in [0.2, 0.25) is 0 Å². The van der Waals surface area contributed by atoms with Crippen LogP contribution in [0.3, 0.4) is 0 Å². The van der Waals surface area contributed by atoms with Crippen LogP contribution in [0.15, 0.2) is 53.5 Å². The number of aliphatic imine (C=N–C) groups is 1. The SMILES string of the molecule is CN=C(NCCc1ccc2c(c1)CCO2)NCCS(=O)(=O)NCc1ccccc1. The first-order valence-corrected chi connectivity index (χ1v) is 11.4. The third-order valence-corrected chi connectivity index (χ3v) is 6.01. The van der Waals surface area contributed by atoms with Gasteiger partial charge in [0.15, 0.2) is 5.96 Å². The van der Waals surface area contributed by atoms with E-state index in [0.29, 0.717) is 19.0 Å². The van der Waals surface area contributed by atoms with Gasteiger partial charge in [-0.1, -0.05) is 42.5 Å². The Balaban J connectivity index is 1.36. The molecule has 3 rings (SSSR count). The minimum atomic E-state index is -3.36. The van der Waals surface area contributed by atoms with E-state index in [2.05, 4.69) is 32.5 Å². The molecule has 0 aromatic heterocycles. The summed E-state index contributed by atoms with van der Waals surface area (Å²) in [5, 5.41) is 6.27. The lowest BCUT2D eigenvalue weighted by Gasteiger charge is -2.13. The molecule has 1 heterocycles. The van der Waals surface area contributed by atoms with Crippen molar-refractivity contribution in [1.82, 2.24) is 15.4 Å². The number of fused-ring (bicyclic) bond motifs is 1. The van der Waals surface area contributed by atoms with E-state index in [-0.39, 0.29) is 12.3 Å². The van der Waals surface area contributed by atoms with E-state index in [4.69, 9.17) is 4.74 Å². The molecule has 3 N–H and O–H groups in total. The third kappa shape index (κ3) is 6.76. The highest BCUT2D eigenvalue weighted by atomic mass is 32.2. The highest BCUT2D eigenvalue weighted by molar-refractivity contribution is 7.89. The van der Waals surface area contributed by atoms with E-state index in [1.54, 1.807) is 7.05 Å². The molecule has 0 amide bonds. The van der Waals surface area contributed by atoms with Crippen LogP contribution in [0.1, 0.15) is 16.7 Å². The van der Waals surface area contributed by atoms with Crippen molar-refractivity contribution in [3.63, 3.8) is 0 Å². The van der Waals surface area contributed by atoms with Gasteiger partial charge < -0.3 is 15.4 Å². The standard InChI is InChI=1S/C21H28N4O3S/c1-22-21(23-11-9-17-7-8-20-19(15-17)10-13-28-20)24-12-14-29(26,27)25-16-18-5-3-2-4-6-18/h2-8,15,25H,9-14,16H2,1H3,(H2,22,23,24). The molecule has 0 bridgehead atoms. The lowest BCUT2D eigenvalue weighted by molar-refractivity contribution is 0.357. The Hall–Kier alpha value is -2.58. The van der Waals surface area contributed by atoms with Crippen LogP contribution in [-0.2, 0) is 29.4 Å². The summed E-state index contributed by atoms with van der Waals surface area (Å²) >= 11 is 0. The summed E-state index contributed by atoms with van der Waals surface area (Å²) in [7, 11) is -1.69. The average molecular weight is 417 g/mol. The van der Waals surface area contributed by atoms with Gasteiger partial charge in [0.2, 0.25) is 10.0 Å². The Kier molecular flexibility index (Phi) is 7.48. The smallest absolute Gasteiger partial charge is 0.213 e. The second-order valence-corrected chi connectivity index (χ2v) is 8.77. The summed E-state index contributed by atoms with van der Waals surface area (Å²) in [6.45, 7) is 2.04. The van der Waals surface area contributed by atoms with E-state index in [1.165, 1.54) is 11.1 Å². The molecule has 0 saturated carbocycles. The van der Waals surface area contributed by atoms with Gasteiger partial charge in [-0.3, -0.25) is 4.99 Å². The van der Waals surface area contributed by atoms with Crippen molar-refractivity contribution in [2.24, 2.45) is 4.99 Å². The predicted molar refractivity (Wildman–Crippen MR) is 116 cm³/mol. The zero-order valence-corrected chi connectivity index (χ0v) is 17.5. The van der Waals surface area contributed by atoms with Crippen LogP contribution in [0.25, 0.3) is 0 Å². The zero-order valence-electron chi connectivity index (χ0n) is 16.6. The maximum atomic E-state index is 12.1. The fourth-order valence-corrected chi connectivity index (χ4v) is 4.01. The quantitative estimate of drug-likeness (QED) is 0.425. The molecule has 2 aromatic carbocycles. The fraction of sp³-hybridized carbons (Fsp3) is 0.381. The maximum absolute atomic E-state index is 12.1. The summed E-state index contributed by atoms with van der Waals surface area (Å²) in [6, 6.07) is 15.7. The number of rotatable bonds is 9. The molecule has 0 saturated heterocycles. The maximum Gasteiger partial charge on any atom is 0.213 e. The fourth-order valence-electron chi connectivity index (χ4n) is 3.11. The molecule has 7 nitrogen and oxygen atoms in total. The minimum Gasteiger partial charge on any atom is -0.493 e. The molecule has 0 spiro atoms. The molecule has 8 heteroatoms. The number of benzene rings is 2. The molecule has 0 fully saturated rings. The molecule has 1 aliphatic rings. The first kappa shape index (κ1) is 21.1. The van der Waals surface area contributed by atoms with E-state index in [0.717, 1.165) is 30.8 Å². The van der Waals surface area contributed by atoms with Crippen LogP contribution >= 0.6 is 0 Å². The van der Waals surface area contributed by atoms with Crippen molar-refractivity contribution < 1.29 is 13.2 Å². The first-order chi connectivity index (χ1) is 14.1. The molecular weight excluding hydrogens is 388 g/mol. The Morgan fingerprint density at radius 1 is 1.07 bits per heavy atom. The van der Waals surface area contributed by atoms with Gasteiger partial charge >= 0.3 is 0 Å². The van der Waals surface area contributed by atoms with Crippen LogP contribution in [-0.4, -0.2) is 46.9 Å². The number of ether oxygens (including phenoxy) is 1. The van der Waals surface area contributed by atoms with Crippen LogP contribution < -0.4 is 20.1 Å². The van der Waals surface area contributed by atoms with E-state index >= 15 is 0 Å². The second kappa shape index (κ2) is 10.3. The summed E-state index contributed by atoms with van der Waals surface area (Å²) in [4.78, 5) is 4.15. The Bertz CT molecular complexity index is 930. The van der Waals surface area contributed by atoms with Crippen molar-refractivity contribution in [3.8, 4) is 5.75 Å². The molecule has 2 aromatic rings. The lowest BCUT2D eigenvalue weighted by Crippen LogP contribution is -2.41. The number of hydrogen-bond acceptors (Lipinski definition) is 4. The van der Waals surface area contributed by atoms with E-state index in [9.17, 15) is 8.42 Å². The third-order valence-electron chi connectivity index (χ3n) is 4.69. The van der Waals surface area contributed by atoms with Crippen LogP contribution in [0.4, 0.5) is 0 Å². The molecule has 0 aliphatic carbocycles. The number of hydrogen-bond donors (Lipinski definition) is 3. The van der Waals surface area contributed by atoms with Gasteiger partial charge in [-0.25, -0.2) is 13.1 Å². The van der Waals surface area contributed by atoms with Crippen molar-refractivity contribution in [2.75, 3.05) is 32.5 Å². The van der Waals surface area contributed by atoms with Crippen LogP contribution in [0, 0.1) is 0 Å². The number of nitrogens with one attached hydrogen (secondary N) is 3. The van der Waals surface area contributed by atoms with Gasteiger partial charge in [0.1, 0.15) is 5.75 Å². The lowest BCUT2D eigenvalue weighted by atomic mass is 10.1. The first-order valence-electron chi connectivity index (χ1n) is 9.76. The highest BCUT2D eigenvalue weighted by Crippen LogP contribution is 2.25. The Labute approximate surface area is 172 Å². The van der Waals surface area contributed by atoms with Gasteiger partial charge in [0.05, 0.1) is 12.4 Å². The number of sulfonamides is 1. The second-order valence-electron chi connectivity index (χ2n) is 6.84. The zero-order chi connectivity index (χ0) is 20.5. The average Bonchev–Trinajstić information content (AvgIpc) is 3.20. The number of guanidine groups is 1. The summed E-state index contributed by atoms with van der Waals surface area (Å²) in [5.41, 5.74) is 3.43. The summed E-state index contributed by atoms with van der Waals surface area (Å²) in [5.74, 6) is 1.56. The predicted octanol–water partition coefficient (Wildman–Crippen LogP) is 1.45. The van der Waals surface area contributed by atoms with Gasteiger partial charge in [-0.15, -0.1) is 0 Å². The molecule has 29 heavy (non-hydrogen) atoms. The van der Waals surface area contributed by atoms with Gasteiger partial charge in [0.25, 0.3) is 0 Å². The van der Waals surface area contributed by atoms with E-state index in [1.807, 2.05) is 36.4 Å². The Morgan fingerprint density at radius 2 is 1.86 bits per heavy atom. The minimum absolute atomic E-state index is 0.0225. The van der Waals surface area contributed by atoms with Gasteiger partial charge in [-0.05, 0) is 29.2 Å². The summed E-state index contributed by atoms with van der Waals surface area (Å²) < 4.78 is 32.4. The van der Waals surface area contributed by atoms with Crippen LogP contribution in [0.5, 0.6) is 5.75 Å². The molecule has 0 radical (unpaired) electrons. The molecule has 156 valence electrons. The monoisotopic (exact) mass is 416 g/mol. The highest BCUT2D eigenvalue weighted by Gasteiger charge is 2.12. The van der Waals surface area contributed by atoms with Gasteiger partial charge in [0, 0.05) is 33.1 Å². The molecule has 0 atom stereocenters. The normalized spacial score (nSPS) is 13.6. The van der Waals surface area contributed by atoms with Crippen molar-refractivity contribution >= 4 is 16.0 Å². The molecule has 1 aliphatic heterocycles. The molecular formula is C21H28N4O3S. The van der Waals surface area contributed by atoms with Crippen molar-refractivity contribution in [3.05, 3.63) is 65.2 Å². The topological polar surface area (TPSA) is 91.8 Å². The van der Waals surface area contributed by atoms with Gasteiger partial charge in [-0.2, -0.15) is 0 Å². The summed E-state index contributed by atoms with van der Waals surface area (Å²) in [6.07, 6.45) is 1.82. The van der Waals surface area contributed by atoms with Crippen molar-refractivity contribution in [2.45, 2.75) is 19.4 Å². The van der Waals surface area contributed by atoms with Crippen molar-refractivity contribution in [1.29, 1.82) is 0 Å².